The third kappa shape index (κ3) is 2.44. The van der Waals surface area contributed by atoms with Gasteiger partial charge in [-0.3, -0.25) is 14.9 Å². The third-order valence-corrected chi connectivity index (χ3v) is 3.45. The molecule has 1 saturated heterocycles. The largest absolute Gasteiger partial charge is 0.337 e. The molecule has 0 bridgehead atoms. The van der Waals surface area contributed by atoms with Gasteiger partial charge in [-0.05, 0) is 12.3 Å². The Balaban J connectivity index is 2.30. The number of amides is 2. The van der Waals surface area contributed by atoms with Crippen molar-refractivity contribution >= 4 is 11.8 Å². The molecule has 0 spiro atoms. The highest BCUT2D eigenvalue weighted by Gasteiger charge is 2.38. The minimum atomic E-state index is -0.189. The molecule has 2 atom stereocenters. The lowest BCUT2D eigenvalue weighted by Gasteiger charge is -2.31. The number of aryl methyl sites for hydroxylation is 1. The number of carbonyl (C=O) groups excluding carboxylic acids is 2. The number of imide groups is 1. The van der Waals surface area contributed by atoms with Crippen LogP contribution in [-0.4, -0.2) is 21.4 Å². The van der Waals surface area contributed by atoms with Crippen LogP contribution in [0.3, 0.4) is 0 Å². The van der Waals surface area contributed by atoms with E-state index in [0.717, 1.165) is 12.1 Å². The van der Waals surface area contributed by atoms with Gasteiger partial charge in [0.1, 0.15) is 0 Å². The van der Waals surface area contributed by atoms with Crippen LogP contribution in [0.25, 0.3) is 0 Å². The third-order valence-electron chi connectivity index (χ3n) is 3.45. The molecule has 1 aromatic heterocycles. The van der Waals surface area contributed by atoms with Gasteiger partial charge < -0.3 is 4.57 Å². The molecule has 0 saturated carbocycles. The molecular formula is C13H19N3O2. The molecule has 0 aliphatic carbocycles. The Hall–Kier alpha value is -1.65. The summed E-state index contributed by atoms with van der Waals surface area (Å²) in [6.07, 6.45) is 4.61. The summed E-state index contributed by atoms with van der Waals surface area (Å²) in [7, 11) is 1.89. The second-order valence-electron chi connectivity index (χ2n) is 5.39. The number of imidazole rings is 1. The molecule has 2 unspecified atom stereocenters. The Labute approximate surface area is 107 Å². The van der Waals surface area contributed by atoms with Gasteiger partial charge in [0.15, 0.2) is 0 Å². The lowest BCUT2D eigenvalue weighted by atomic mass is 9.78. The molecule has 98 valence electrons. The lowest BCUT2D eigenvalue weighted by Crippen LogP contribution is -2.45. The molecule has 2 rings (SSSR count). The van der Waals surface area contributed by atoms with E-state index in [4.69, 9.17) is 0 Å². The molecule has 1 N–H and O–H groups in total. The zero-order valence-corrected chi connectivity index (χ0v) is 11.0. The first kappa shape index (κ1) is 12.8. The van der Waals surface area contributed by atoms with Crippen LogP contribution in [0.5, 0.6) is 0 Å². The quantitative estimate of drug-likeness (QED) is 0.819. The number of rotatable bonds is 3. The Morgan fingerprint density at radius 3 is 2.78 bits per heavy atom. The molecule has 1 aromatic rings. The SMILES string of the molecule is CC(C)CC1C(=O)NC(=O)CC1c1cncn1C. The van der Waals surface area contributed by atoms with Gasteiger partial charge in [-0.1, -0.05) is 13.8 Å². The van der Waals surface area contributed by atoms with Crippen molar-refractivity contribution in [1.82, 2.24) is 14.9 Å². The van der Waals surface area contributed by atoms with E-state index >= 15 is 0 Å². The second-order valence-corrected chi connectivity index (χ2v) is 5.39. The summed E-state index contributed by atoms with van der Waals surface area (Å²) in [5.74, 6) is -0.110. The minimum Gasteiger partial charge on any atom is -0.337 e. The summed E-state index contributed by atoms with van der Waals surface area (Å²) < 4.78 is 1.89. The fourth-order valence-corrected chi connectivity index (χ4v) is 2.62. The maximum atomic E-state index is 12.0. The molecule has 5 heteroatoms. The Bertz CT molecular complexity index is 465. The average Bonchev–Trinajstić information content (AvgIpc) is 2.67. The van der Waals surface area contributed by atoms with Gasteiger partial charge >= 0.3 is 0 Å². The number of piperidine rings is 1. The molecule has 0 radical (unpaired) electrons. The maximum absolute atomic E-state index is 12.0. The number of aromatic nitrogens is 2. The smallest absolute Gasteiger partial charge is 0.230 e. The van der Waals surface area contributed by atoms with Crippen LogP contribution in [-0.2, 0) is 16.6 Å². The topological polar surface area (TPSA) is 64.0 Å². The molecule has 1 aliphatic rings. The van der Waals surface area contributed by atoms with Crippen LogP contribution in [0.15, 0.2) is 12.5 Å². The molecular weight excluding hydrogens is 230 g/mol. The fourth-order valence-electron chi connectivity index (χ4n) is 2.62. The Morgan fingerprint density at radius 1 is 1.50 bits per heavy atom. The molecule has 1 fully saturated rings. The van der Waals surface area contributed by atoms with Crippen molar-refractivity contribution in [2.45, 2.75) is 32.6 Å². The van der Waals surface area contributed by atoms with Gasteiger partial charge in [-0.25, -0.2) is 4.98 Å². The van der Waals surface area contributed by atoms with Gasteiger partial charge in [0.25, 0.3) is 0 Å². The molecule has 1 aliphatic heterocycles. The summed E-state index contributed by atoms with van der Waals surface area (Å²) >= 11 is 0. The summed E-state index contributed by atoms with van der Waals surface area (Å²) in [4.78, 5) is 27.6. The number of nitrogens with one attached hydrogen (secondary N) is 1. The average molecular weight is 249 g/mol. The first-order chi connectivity index (χ1) is 8.49. The van der Waals surface area contributed by atoms with Crippen molar-refractivity contribution in [2.75, 3.05) is 0 Å². The highest BCUT2D eigenvalue weighted by molar-refractivity contribution is 5.99. The van der Waals surface area contributed by atoms with Crippen LogP contribution in [0.2, 0.25) is 0 Å². The number of hydrogen-bond donors (Lipinski definition) is 1. The minimum absolute atomic E-state index is 0.0545. The van der Waals surface area contributed by atoms with Crippen molar-refractivity contribution in [2.24, 2.45) is 18.9 Å². The van der Waals surface area contributed by atoms with Crippen molar-refractivity contribution < 1.29 is 9.59 Å². The van der Waals surface area contributed by atoms with Gasteiger partial charge in [-0.2, -0.15) is 0 Å². The second kappa shape index (κ2) is 4.92. The van der Waals surface area contributed by atoms with Crippen molar-refractivity contribution in [3.63, 3.8) is 0 Å². The first-order valence-electron chi connectivity index (χ1n) is 6.29. The van der Waals surface area contributed by atoms with E-state index in [-0.39, 0.29) is 23.7 Å². The van der Waals surface area contributed by atoms with E-state index in [9.17, 15) is 9.59 Å². The summed E-state index contributed by atoms with van der Waals surface area (Å²) in [6.45, 7) is 4.17. The van der Waals surface area contributed by atoms with Crippen molar-refractivity contribution in [3.8, 4) is 0 Å². The van der Waals surface area contributed by atoms with Gasteiger partial charge in [0, 0.05) is 37.2 Å². The Morgan fingerprint density at radius 2 is 2.22 bits per heavy atom. The monoisotopic (exact) mass is 249 g/mol. The molecule has 18 heavy (non-hydrogen) atoms. The zero-order valence-electron chi connectivity index (χ0n) is 11.0. The molecule has 2 heterocycles. The highest BCUT2D eigenvalue weighted by atomic mass is 16.2. The summed E-state index contributed by atoms with van der Waals surface area (Å²) in [5, 5.41) is 2.44. The van der Waals surface area contributed by atoms with E-state index < -0.39 is 0 Å². The van der Waals surface area contributed by atoms with Crippen molar-refractivity contribution in [3.05, 3.63) is 18.2 Å². The number of nitrogens with zero attached hydrogens (tertiary/aromatic N) is 2. The van der Waals surface area contributed by atoms with Crippen molar-refractivity contribution in [1.29, 1.82) is 0 Å². The molecule has 2 amide bonds. The summed E-state index contributed by atoms with van der Waals surface area (Å²) in [6, 6.07) is 0. The van der Waals surface area contributed by atoms with E-state index in [1.165, 1.54) is 0 Å². The van der Waals surface area contributed by atoms with E-state index in [2.05, 4.69) is 24.1 Å². The summed E-state index contributed by atoms with van der Waals surface area (Å²) in [5.41, 5.74) is 0.962. The molecule has 0 aromatic carbocycles. The molecule has 5 nitrogen and oxygen atoms in total. The van der Waals surface area contributed by atoms with Crippen LogP contribution in [0.1, 0.15) is 38.3 Å². The fraction of sp³-hybridized carbons (Fsp3) is 0.615. The predicted octanol–water partition coefficient (Wildman–Crippen LogP) is 1.21. The van der Waals surface area contributed by atoms with Crippen LogP contribution >= 0.6 is 0 Å². The number of carbonyl (C=O) groups is 2. The van der Waals surface area contributed by atoms with E-state index in [1.807, 2.05) is 11.6 Å². The van der Waals surface area contributed by atoms with Gasteiger partial charge in [0.05, 0.1) is 6.33 Å². The Kier molecular flexibility index (Phi) is 3.50. The standard InChI is InChI=1S/C13H19N3O2/c1-8(2)4-10-9(5-12(17)15-13(10)18)11-6-14-7-16(11)3/h6-10H,4-5H2,1-3H3,(H,15,17,18). The van der Waals surface area contributed by atoms with Crippen LogP contribution in [0.4, 0.5) is 0 Å². The van der Waals surface area contributed by atoms with Crippen LogP contribution in [0, 0.1) is 11.8 Å². The normalized spacial score (nSPS) is 24.4. The van der Waals surface area contributed by atoms with E-state index in [1.54, 1.807) is 12.5 Å². The lowest BCUT2D eigenvalue weighted by molar-refractivity contribution is -0.137. The predicted molar refractivity (Wildman–Crippen MR) is 66.7 cm³/mol. The zero-order chi connectivity index (χ0) is 13.3. The first-order valence-corrected chi connectivity index (χ1v) is 6.29. The van der Waals surface area contributed by atoms with E-state index in [0.29, 0.717) is 12.3 Å². The highest BCUT2D eigenvalue weighted by Crippen LogP contribution is 2.34. The van der Waals surface area contributed by atoms with Gasteiger partial charge in [0.2, 0.25) is 11.8 Å². The maximum Gasteiger partial charge on any atom is 0.230 e. The number of hydrogen-bond acceptors (Lipinski definition) is 3. The van der Waals surface area contributed by atoms with Crippen LogP contribution < -0.4 is 5.32 Å². The van der Waals surface area contributed by atoms with Gasteiger partial charge in [-0.15, -0.1) is 0 Å².